The number of allylic oxidation sites excluding steroid dienone is 2. The van der Waals surface area contributed by atoms with Crippen LogP contribution in [0.3, 0.4) is 0 Å². The van der Waals surface area contributed by atoms with Gasteiger partial charge in [0.15, 0.2) is 5.78 Å². The van der Waals surface area contributed by atoms with Crippen LogP contribution < -0.4 is 0 Å². The summed E-state index contributed by atoms with van der Waals surface area (Å²) in [5, 5.41) is 0. The molecule has 0 N–H and O–H groups in total. The molecule has 0 bridgehead atoms. The van der Waals surface area contributed by atoms with Crippen molar-refractivity contribution in [2.24, 2.45) is 0 Å². The summed E-state index contributed by atoms with van der Waals surface area (Å²) in [7, 11) is 0. The van der Waals surface area contributed by atoms with E-state index in [4.69, 9.17) is 4.74 Å². The molecule has 2 rings (SSSR count). The third kappa shape index (κ3) is 3.73. The summed E-state index contributed by atoms with van der Waals surface area (Å²) in [6.45, 7) is 7.14. The van der Waals surface area contributed by atoms with E-state index in [1.165, 1.54) is 0 Å². The summed E-state index contributed by atoms with van der Waals surface area (Å²) in [5.74, 6) is -0.793. The number of carbonyl (C=O) groups is 2. The molecular formula is C19H22O3. The summed E-state index contributed by atoms with van der Waals surface area (Å²) < 4.78 is 5.37. The number of ether oxygens (including phenoxy) is 1. The van der Waals surface area contributed by atoms with E-state index in [-0.39, 0.29) is 23.7 Å². The minimum atomic E-state index is -0.617. The van der Waals surface area contributed by atoms with Gasteiger partial charge in [-0.15, -0.1) is 0 Å². The summed E-state index contributed by atoms with van der Waals surface area (Å²) >= 11 is 0. The molecule has 1 unspecified atom stereocenters. The molecule has 0 saturated carbocycles. The second-order valence-electron chi connectivity index (χ2n) is 6.37. The van der Waals surface area contributed by atoms with E-state index >= 15 is 0 Å². The van der Waals surface area contributed by atoms with Gasteiger partial charge in [0.05, 0.1) is 5.57 Å². The van der Waals surface area contributed by atoms with Gasteiger partial charge in [-0.25, -0.2) is 4.79 Å². The normalized spacial score (nSPS) is 17.3. The number of esters is 1. The van der Waals surface area contributed by atoms with E-state index in [1.54, 1.807) is 33.8 Å². The van der Waals surface area contributed by atoms with Crippen LogP contribution in [0.1, 0.15) is 51.2 Å². The van der Waals surface area contributed by atoms with Crippen molar-refractivity contribution < 1.29 is 14.3 Å². The summed E-state index contributed by atoms with van der Waals surface area (Å²) in [5.41, 5.74) is 1.75. The third-order valence-corrected chi connectivity index (χ3v) is 3.42. The Morgan fingerprint density at radius 3 is 2.55 bits per heavy atom. The molecule has 0 aromatic heterocycles. The van der Waals surface area contributed by atoms with Crippen LogP contribution in [-0.2, 0) is 14.3 Å². The highest BCUT2D eigenvalue weighted by Crippen LogP contribution is 2.32. The molecule has 1 atom stereocenters. The standard InChI is InChI=1S/C19H22O3/c1-5-17(20)16(18(21)22-19(2,3)4)12-14-11-10-13-8-6-7-9-15(13)14/h6-12,14H,5H2,1-4H3. The first-order valence-electron chi connectivity index (χ1n) is 7.57. The fourth-order valence-corrected chi connectivity index (χ4v) is 2.40. The Hall–Kier alpha value is -2.16. The Bertz CT molecular complexity index is 645. The third-order valence-electron chi connectivity index (χ3n) is 3.42. The largest absolute Gasteiger partial charge is 0.456 e. The molecule has 22 heavy (non-hydrogen) atoms. The second-order valence-corrected chi connectivity index (χ2v) is 6.37. The smallest absolute Gasteiger partial charge is 0.341 e. The summed E-state index contributed by atoms with van der Waals surface area (Å²) in [4.78, 5) is 24.5. The minimum Gasteiger partial charge on any atom is -0.456 e. The van der Waals surface area contributed by atoms with E-state index in [0.29, 0.717) is 0 Å². The zero-order chi connectivity index (χ0) is 16.3. The molecule has 0 radical (unpaired) electrons. The average Bonchev–Trinajstić information content (AvgIpc) is 2.85. The molecule has 0 heterocycles. The molecule has 0 amide bonds. The number of carbonyl (C=O) groups excluding carboxylic acids is 2. The maximum Gasteiger partial charge on any atom is 0.341 e. The SMILES string of the molecule is CCC(=O)C(=CC1C=Cc2ccccc21)C(=O)OC(C)(C)C. The Kier molecular flexibility index (Phi) is 4.65. The summed E-state index contributed by atoms with van der Waals surface area (Å²) in [6, 6.07) is 7.97. The van der Waals surface area contributed by atoms with Gasteiger partial charge in [0.1, 0.15) is 5.60 Å². The van der Waals surface area contributed by atoms with Crippen LogP contribution in [0.5, 0.6) is 0 Å². The van der Waals surface area contributed by atoms with Crippen molar-refractivity contribution in [1.29, 1.82) is 0 Å². The van der Waals surface area contributed by atoms with Crippen molar-refractivity contribution in [2.75, 3.05) is 0 Å². The predicted octanol–water partition coefficient (Wildman–Crippen LogP) is 4.04. The number of hydrogen-bond acceptors (Lipinski definition) is 3. The van der Waals surface area contributed by atoms with Crippen molar-refractivity contribution in [3.8, 4) is 0 Å². The first-order valence-corrected chi connectivity index (χ1v) is 7.57. The zero-order valence-corrected chi connectivity index (χ0v) is 13.6. The molecule has 116 valence electrons. The number of ketones is 1. The maximum atomic E-state index is 12.3. The lowest BCUT2D eigenvalue weighted by Crippen LogP contribution is -2.27. The van der Waals surface area contributed by atoms with Crippen molar-refractivity contribution in [3.05, 3.63) is 53.1 Å². The van der Waals surface area contributed by atoms with Gasteiger partial charge in [-0.2, -0.15) is 0 Å². The van der Waals surface area contributed by atoms with Gasteiger partial charge in [-0.1, -0.05) is 49.4 Å². The predicted molar refractivity (Wildman–Crippen MR) is 87.4 cm³/mol. The van der Waals surface area contributed by atoms with E-state index in [9.17, 15) is 9.59 Å². The Balaban J connectivity index is 2.33. The average molecular weight is 298 g/mol. The maximum absolute atomic E-state index is 12.3. The number of benzene rings is 1. The lowest BCUT2D eigenvalue weighted by Gasteiger charge is -2.20. The van der Waals surface area contributed by atoms with Crippen LogP contribution in [0, 0.1) is 0 Å². The molecule has 1 aromatic carbocycles. The Morgan fingerprint density at radius 1 is 1.23 bits per heavy atom. The van der Waals surface area contributed by atoms with Gasteiger partial charge in [-0.3, -0.25) is 4.79 Å². The highest BCUT2D eigenvalue weighted by atomic mass is 16.6. The quantitative estimate of drug-likeness (QED) is 0.364. The number of Topliss-reactive ketones (excluding diaryl/α,β-unsaturated/α-hetero) is 1. The molecule has 0 aliphatic heterocycles. The highest BCUT2D eigenvalue weighted by molar-refractivity contribution is 6.17. The van der Waals surface area contributed by atoms with Gasteiger partial charge >= 0.3 is 5.97 Å². The van der Waals surface area contributed by atoms with Crippen LogP contribution in [0.2, 0.25) is 0 Å². The molecule has 1 aromatic rings. The molecule has 1 aliphatic carbocycles. The van der Waals surface area contributed by atoms with Gasteiger partial charge in [0.2, 0.25) is 0 Å². The van der Waals surface area contributed by atoms with Crippen molar-refractivity contribution in [1.82, 2.24) is 0 Å². The Morgan fingerprint density at radius 2 is 1.91 bits per heavy atom. The van der Waals surface area contributed by atoms with Crippen LogP contribution in [0.25, 0.3) is 6.08 Å². The lowest BCUT2D eigenvalue weighted by atomic mass is 9.96. The first-order chi connectivity index (χ1) is 10.3. The van der Waals surface area contributed by atoms with E-state index in [2.05, 4.69) is 0 Å². The molecule has 3 nitrogen and oxygen atoms in total. The lowest BCUT2D eigenvalue weighted by molar-refractivity contribution is -0.150. The van der Waals surface area contributed by atoms with Crippen LogP contribution in [0.4, 0.5) is 0 Å². The van der Waals surface area contributed by atoms with Crippen LogP contribution in [0.15, 0.2) is 42.0 Å². The van der Waals surface area contributed by atoms with Crippen LogP contribution in [-0.4, -0.2) is 17.4 Å². The van der Waals surface area contributed by atoms with Crippen molar-refractivity contribution in [3.63, 3.8) is 0 Å². The Labute approximate surface area is 131 Å². The zero-order valence-electron chi connectivity index (χ0n) is 13.6. The number of rotatable bonds is 4. The van der Waals surface area contributed by atoms with E-state index in [1.807, 2.05) is 36.4 Å². The fourth-order valence-electron chi connectivity index (χ4n) is 2.40. The van der Waals surface area contributed by atoms with E-state index < -0.39 is 11.6 Å². The van der Waals surface area contributed by atoms with Crippen molar-refractivity contribution in [2.45, 2.75) is 45.6 Å². The molecule has 0 fully saturated rings. The van der Waals surface area contributed by atoms with Crippen molar-refractivity contribution >= 4 is 17.8 Å². The van der Waals surface area contributed by atoms with Gasteiger partial charge < -0.3 is 4.74 Å². The van der Waals surface area contributed by atoms with Gasteiger partial charge in [-0.05, 0) is 31.9 Å². The monoisotopic (exact) mass is 298 g/mol. The molecule has 0 spiro atoms. The minimum absolute atomic E-state index is 0.0609. The number of hydrogen-bond donors (Lipinski definition) is 0. The fraction of sp³-hybridized carbons (Fsp3) is 0.368. The molecule has 1 aliphatic rings. The number of fused-ring (bicyclic) bond motifs is 1. The van der Waals surface area contributed by atoms with Gasteiger partial charge in [0.25, 0.3) is 0 Å². The van der Waals surface area contributed by atoms with Gasteiger partial charge in [0, 0.05) is 12.3 Å². The molecule has 3 heteroatoms. The van der Waals surface area contributed by atoms with Crippen LogP contribution >= 0.6 is 0 Å². The highest BCUT2D eigenvalue weighted by Gasteiger charge is 2.26. The molecule has 0 saturated heterocycles. The second kappa shape index (κ2) is 6.30. The summed E-state index contributed by atoms with van der Waals surface area (Å²) in [6.07, 6.45) is 6.02. The molecular weight excluding hydrogens is 276 g/mol. The first kappa shape index (κ1) is 16.2. The topological polar surface area (TPSA) is 43.4 Å². The van der Waals surface area contributed by atoms with E-state index in [0.717, 1.165) is 11.1 Å².